The Labute approximate surface area is 205 Å². The Bertz CT molecular complexity index is 1480. The summed E-state index contributed by atoms with van der Waals surface area (Å²) in [6.07, 6.45) is -0.804. The summed E-state index contributed by atoms with van der Waals surface area (Å²) in [6.45, 7) is 1.44. The second kappa shape index (κ2) is 10.5. The van der Waals surface area contributed by atoms with Crippen molar-refractivity contribution in [2.45, 2.75) is 19.3 Å². The molecule has 0 radical (unpaired) electrons. The number of hydrogen-bond acceptors (Lipinski definition) is 3. The van der Waals surface area contributed by atoms with Crippen molar-refractivity contribution < 1.29 is 32.4 Å². The molecule has 0 saturated carbocycles. The largest absolute Gasteiger partial charge is 0.542 e. The van der Waals surface area contributed by atoms with Crippen molar-refractivity contribution in [1.29, 1.82) is 0 Å². The summed E-state index contributed by atoms with van der Waals surface area (Å²) in [4.78, 5) is 8.78. The molecule has 0 bridgehead atoms. The number of pyridine rings is 1. The molecule has 2 aromatic heterocycles. The Kier molecular flexibility index (Phi) is 7.24. The molecule has 5 aromatic rings. The zero-order chi connectivity index (χ0) is 25.7. The van der Waals surface area contributed by atoms with Crippen LogP contribution in [0.25, 0.3) is 21.8 Å². The van der Waals surface area contributed by atoms with Gasteiger partial charge in [-0.2, -0.15) is 17.7 Å². The third kappa shape index (κ3) is 5.83. The Hall–Kier alpha value is -4.33. The van der Waals surface area contributed by atoms with E-state index in [9.17, 15) is 13.2 Å². The molecule has 3 aromatic carbocycles. The minimum Gasteiger partial charge on any atom is -0.542 e. The number of halogens is 3. The molecule has 0 saturated heterocycles. The maximum Gasteiger partial charge on any atom is 0.430 e. The number of carbonyl (C=O) groups is 1. The van der Waals surface area contributed by atoms with E-state index in [4.69, 9.17) is 14.6 Å². The van der Waals surface area contributed by atoms with E-state index in [0.717, 1.165) is 12.3 Å². The highest BCUT2D eigenvalue weighted by Crippen LogP contribution is 2.30. The second-order valence-corrected chi connectivity index (χ2v) is 8.20. The maximum absolute atomic E-state index is 10.5. The molecule has 0 spiro atoms. The first-order valence-electron chi connectivity index (χ1n) is 11.1. The van der Waals surface area contributed by atoms with Crippen molar-refractivity contribution in [2.24, 2.45) is 7.05 Å². The van der Waals surface area contributed by atoms with E-state index in [1.807, 2.05) is 18.2 Å². The van der Waals surface area contributed by atoms with Gasteiger partial charge in [-0.1, -0.05) is 60.7 Å². The Morgan fingerprint density at radius 3 is 2.08 bits per heavy atom. The Morgan fingerprint density at radius 1 is 0.889 bits per heavy atom. The quantitative estimate of drug-likeness (QED) is 0.339. The lowest BCUT2D eigenvalue weighted by Crippen LogP contribution is -2.37. The van der Waals surface area contributed by atoms with Gasteiger partial charge in [0.05, 0.1) is 5.52 Å². The molecular weight excluding hydrogens is 469 g/mol. The number of rotatable bonds is 5. The van der Waals surface area contributed by atoms with Crippen LogP contribution in [0.5, 0.6) is 5.75 Å². The highest BCUT2D eigenvalue weighted by Gasteiger charge is 2.28. The van der Waals surface area contributed by atoms with E-state index in [1.54, 1.807) is 0 Å². The number of carboxylic acids is 1. The predicted molar refractivity (Wildman–Crippen MR) is 128 cm³/mol. The van der Waals surface area contributed by atoms with Gasteiger partial charge in [-0.15, -0.1) is 0 Å². The minimum absolute atomic E-state index is 0.577. The number of aromatic nitrogens is 2. The fraction of sp³-hybridized carbons (Fsp3) is 0.143. The average molecular weight is 492 g/mol. The number of aliphatic carboxylic acids is 1. The van der Waals surface area contributed by atoms with E-state index in [-0.39, 0.29) is 0 Å². The van der Waals surface area contributed by atoms with Crippen LogP contribution >= 0.6 is 0 Å². The molecule has 0 amide bonds. The highest BCUT2D eigenvalue weighted by atomic mass is 19.4. The Morgan fingerprint density at radius 2 is 1.47 bits per heavy atom. The molecule has 0 aliphatic heterocycles. The second-order valence-electron chi connectivity index (χ2n) is 8.20. The van der Waals surface area contributed by atoms with Crippen LogP contribution in [-0.2, 0) is 25.0 Å². The summed E-state index contributed by atoms with van der Waals surface area (Å²) in [7, 11) is 2.12. The highest BCUT2D eigenvalue weighted by molar-refractivity contribution is 6.07. The summed E-state index contributed by atoms with van der Waals surface area (Å²) in [5, 5.41) is 11.3. The summed E-state index contributed by atoms with van der Waals surface area (Å²) in [5.41, 5.74) is 4.88. The maximum atomic E-state index is 10.5. The topological polar surface area (TPSA) is 58.2 Å². The van der Waals surface area contributed by atoms with Crippen molar-refractivity contribution in [3.8, 4) is 5.75 Å². The summed E-state index contributed by atoms with van der Waals surface area (Å²) in [6, 6.07) is 29.4. The molecular formula is C28H23F3N2O3. The number of ether oxygens (including phenoxy) is 1. The molecule has 0 fully saturated rings. The van der Waals surface area contributed by atoms with Crippen molar-refractivity contribution >= 4 is 27.8 Å². The van der Waals surface area contributed by atoms with Gasteiger partial charge in [-0.05, 0) is 17.7 Å². The van der Waals surface area contributed by atoms with Crippen LogP contribution < -0.4 is 14.4 Å². The van der Waals surface area contributed by atoms with Gasteiger partial charge in [0.25, 0.3) is 0 Å². The molecule has 2 heterocycles. The van der Waals surface area contributed by atoms with Gasteiger partial charge < -0.3 is 19.2 Å². The average Bonchev–Trinajstić information content (AvgIpc) is 3.15. The van der Waals surface area contributed by atoms with E-state index >= 15 is 0 Å². The lowest BCUT2D eigenvalue weighted by molar-refractivity contribution is -0.687. The molecule has 5 nitrogen and oxygen atoms in total. The van der Waals surface area contributed by atoms with Crippen LogP contribution in [0, 0.1) is 0 Å². The smallest absolute Gasteiger partial charge is 0.430 e. The molecule has 36 heavy (non-hydrogen) atoms. The van der Waals surface area contributed by atoms with Gasteiger partial charge in [0.2, 0.25) is 0 Å². The molecule has 0 aliphatic rings. The van der Waals surface area contributed by atoms with Gasteiger partial charge in [0.15, 0.2) is 18.9 Å². The monoisotopic (exact) mass is 492 g/mol. The van der Waals surface area contributed by atoms with Gasteiger partial charge in [0, 0.05) is 35.5 Å². The van der Waals surface area contributed by atoms with Gasteiger partial charge in [-0.3, -0.25) is 0 Å². The number of carboxylic acid groups (broad SMARTS) is 1. The fourth-order valence-electron chi connectivity index (χ4n) is 3.89. The van der Waals surface area contributed by atoms with E-state index in [0.29, 0.717) is 6.61 Å². The van der Waals surface area contributed by atoms with Crippen LogP contribution in [0.3, 0.4) is 0 Å². The van der Waals surface area contributed by atoms with Crippen LogP contribution in [0.2, 0.25) is 0 Å². The molecule has 184 valence electrons. The van der Waals surface area contributed by atoms with Crippen molar-refractivity contribution in [1.82, 2.24) is 4.57 Å². The molecule has 0 unspecified atom stereocenters. The van der Waals surface area contributed by atoms with Crippen molar-refractivity contribution in [3.63, 3.8) is 0 Å². The van der Waals surface area contributed by atoms with Crippen LogP contribution in [0.15, 0.2) is 97.3 Å². The molecule has 5 rings (SSSR count). The SMILES string of the molecule is Cn1c2cc(OCc3ccccc3)ccc2c2cc[n+](Cc3ccccc3)cc21.O=C([O-])C(F)(F)F. The fourth-order valence-corrected chi connectivity index (χ4v) is 3.89. The van der Waals surface area contributed by atoms with E-state index in [2.05, 4.69) is 95.3 Å². The zero-order valence-corrected chi connectivity index (χ0v) is 19.4. The minimum atomic E-state index is -5.19. The zero-order valence-electron chi connectivity index (χ0n) is 19.4. The van der Waals surface area contributed by atoms with Crippen LogP contribution in [0.4, 0.5) is 13.2 Å². The predicted octanol–water partition coefficient (Wildman–Crippen LogP) is 4.54. The third-order valence-corrected chi connectivity index (χ3v) is 5.67. The summed E-state index contributed by atoms with van der Waals surface area (Å²) < 4.78 is 42.1. The third-order valence-electron chi connectivity index (χ3n) is 5.67. The van der Waals surface area contributed by atoms with Gasteiger partial charge >= 0.3 is 6.18 Å². The summed E-state index contributed by atoms with van der Waals surface area (Å²) >= 11 is 0. The first kappa shape index (κ1) is 24.8. The number of nitrogens with zero attached hydrogens (tertiary/aromatic N) is 2. The van der Waals surface area contributed by atoms with Crippen LogP contribution in [0.1, 0.15) is 11.1 Å². The summed E-state index contributed by atoms with van der Waals surface area (Å²) in [5.74, 6) is -2.11. The lowest BCUT2D eigenvalue weighted by atomic mass is 10.2. The standard InChI is InChI=1S/C26H23N2O.C2HF3O2/c1-27-25-16-22(29-19-21-10-6-3-7-11-21)12-13-23(25)24-14-15-28(18-26(24)27)17-20-8-4-2-5-9-20;3-2(4,5)1(6)7/h2-16,18H,17,19H2,1H3;(H,6,7)/q+1;/p-1. The van der Waals surface area contributed by atoms with Gasteiger partial charge in [-0.25, -0.2) is 0 Å². The van der Waals surface area contributed by atoms with Gasteiger partial charge in [0.1, 0.15) is 23.8 Å². The molecule has 0 N–H and O–H groups in total. The number of fused-ring (bicyclic) bond motifs is 3. The van der Waals surface area contributed by atoms with E-state index in [1.165, 1.54) is 32.9 Å². The number of hydrogen-bond donors (Lipinski definition) is 0. The molecule has 8 heteroatoms. The van der Waals surface area contributed by atoms with Crippen molar-refractivity contribution in [3.05, 3.63) is 108 Å². The van der Waals surface area contributed by atoms with Crippen LogP contribution in [-0.4, -0.2) is 16.7 Å². The van der Waals surface area contributed by atoms with E-state index < -0.39 is 12.1 Å². The first-order chi connectivity index (χ1) is 17.2. The normalized spacial score (nSPS) is 11.2. The molecule has 0 atom stereocenters. The van der Waals surface area contributed by atoms with Crippen molar-refractivity contribution in [2.75, 3.05) is 0 Å². The lowest BCUT2D eigenvalue weighted by Gasteiger charge is -2.07. The first-order valence-corrected chi connectivity index (χ1v) is 11.1. The molecule has 0 aliphatic carbocycles. The number of aryl methyl sites for hydroxylation is 1. The number of benzene rings is 3. The number of alkyl halides is 3. The Balaban J connectivity index is 0.000000384. The number of carbonyl (C=O) groups excluding carboxylic acids is 1.